The Balaban J connectivity index is 2.03. The van der Waals surface area contributed by atoms with Crippen LogP contribution in [-0.2, 0) is 0 Å². The van der Waals surface area contributed by atoms with Crippen LogP contribution < -0.4 is 4.74 Å². The van der Waals surface area contributed by atoms with E-state index in [0.717, 1.165) is 9.64 Å². The summed E-state index contributed by atoms with van der Waals surface area (Å²) < 4.78 is 19.9. The van der Waals surface area contributed by atoms with Crippen molar-refractivity contribution in [2.24, 2.45) is 0 Å². The molecule has 0 atom stereocenters. The van der Waals surface area contributed by atoms with Crippen LogP contribution in [0.3, 0.4) is 0 Å². The highest BCUT2D eigenvalue weighted by atomic mass is 127. The largest absolute Gasteiger partial charge is 0.485 e. The zero-order chi connectivity index (χ0) is 15.4. The van der Waals surface area contributed by atoms with Crippen LogP contribution in [0.4, 0.5) is 4.39 Å². The molecule has 2 rings (SSSR count). The van der Waals surface area contributed by atoms with E-state index < -0.39 is 5.82 Å². The zero-order valence-corrected chi connectivity index (χ0v) is 13.4. The van der Waals surface area contributed by atoms with Crippen LogP contribution in [0.1, 0.15) is 27.6 Å². The van der Waals surface area contributed by atoms with Gasteiger partial charge < -0.3 is 4.74 Å². The number of rotatable bonds is 5. The van der Waals surface area contributed by atoms with Crippen molar-refractivity contribution >= 4 is 34.2 Å². The minimum absolute atomic E-state index is 0.00584. The van der Waals surface area contributed by atoms with E-state index in [1.165, 1.54) is 19.1 Å². The highest BCUT2D eigenvalue weighted by molar-refractivity contribution is 14.1. The summed E-state index contributed by atoms with van der Waals surface area (Å²) in [6.07, 6.45) is 0. The van der Waals surface area contributed by atoms with E-state index in [-0.39, 0.29) is 29.5 Å². The Morgan fingerprint density at radius 3 is 2.38 bits per heavy atom. The first-order chi connectivity index (χ1) is 9.97. The average molecular weight is 398 g/mol. The summed E-state index contributed by atoms with van der Waals surface area (Å²) in [6.45, 7) is 1.11. The second-order valence-corrected chi connectivity index (χ2v) is 5.66. The quantitative estimate of drug-likeness (QED) is 0.567. The molecule has 5 heteroatoms. The average Bonchev–Trinajstić information content (AvgIpc) is 2.45. The van der Waals surface area contributed by atoms with E-state index in [1.807, 2.05) is 12.1 Å². The van der Waals surface area contributed by atoms with Gasteiger partial charge in [-0.05, 0) is 53.8 Å². The molecule has 0 unspecified atom stereocenters. The summed E-state index contributed by atoms with van der Waals surface area (Å²) in [7, 11) is 0. The van der Waals surface area contributed by atoms with Crippen molar-refractivity contribution < 1.29 is 18.7 Å². The number of benzene rings is 2. The Kier molecular flexibility index (Phi) is 5.06. The Bertz CT molecular complexity index is 680. The summed E-state index contributed by atoms with van der Waals surface area (Å²) in [4.78, 5) is 23.0. The first-order valence-corrected chi connectivity index (χ1v) is 7.27. The van der Waals surface area contributed by atoms with E-state index in [0.29, 0.717) is 5.56 Å². The third kappa shape index (κ3) is 4.10. The van der Waals surface area contributed by atoms with Crippen molar-refractivity contribution in [2.75, 3.05) is 6.61 Å². The van der Waals surface area contributed by atoms with Gasteiger partial charge in [0.25, 0.3) is 0 Å². The molecule has 2 aromatic carbocycles. The number of Topliss-reactive ketones (excluding diaryl/α,β-unsaturated/α-hetero) is 2. The van der Waals surface area contributed by atoms with Gasteiger partial charge in [-0.3, -0.25) is 9.59 Å². The van der Waals surface area contributed by atoms with Crippen molar-refractivity contribution in [2.45, 2.75) is 6.92 Å². The standard InChI is InChI=1S/C16H12FIO3/c1-10(19)14-7-6-13(8-15(14)17)21-9-16(20)11-2-4-12(18)5-3-11/h2-8H,9H2,1H3. The lowest BCUT2D eigenvalue weighted by molar-refractivity contribution is 0.0919. The fourth-order valence-corrected chi connectivity index (χ4v) is 2.10. The highest BCUT2D eigenvalue weighted by Gasteiger charge is 2.10. The highest BCUT2D eigenvalue weighted by Crippen LogP contribution is 2.17. The molecule has 0 aliphatic heterocycles. The molecule has 0 aliphatic carbocycles. The van der Waals surface area contributed by atoms with Gasteiger partial charge in [-0.15, -0.1) is 0 Å². The molecule has 0 heterocycles. The van der Waals surface area contributed by atoms with Crippen LogP contribution in [0, 0.1) is 9.39 Å². The van der Waals surface area contributed by atoms with Gasteiger partial charge in [0, 0.05) is 15.2 Å². The van der Waals surface area contributed by atoms with E-state index >= 15 is 0 Å². The van der Waals surface area contributed by atoms with Gasteiger partial charge in [-0.2, -0.15) is 0 Å². The van der Waals surface area contributed by atoms with Crippen LogP contribution in [-0.4, -0.2) is 18.2 Å². The number of ether oxygens (including phenoxy) is 1. The fraction of sp³-hybridized carbons (Fsp3) is 0.125. The first kappa shape index (κ1) is 15.6. The zero-order valence-electron chi connectivity index (χ0n) is 11.2. The maximum Gasteiger partial charge on any atom is 0.200 e. The van der Waals surface area contributed by atoms with Gasteiger partial charge in [-0.1, -0.05) is 12.1 Å². The predicted molar refractivity (Wildman–Crippen MR) is 85.4 cm³/mol. The van der Waals surface area contributed by atoms with E-state index in [9.17, 15) is 14.0 Å². The summed E-state index contributed by atoms with van der Waals surface area (Å²) in [5, 5.41) is 0. The molecule has 3 nitrogen and oxygen atoms in total. The number of hydrogen-bond acceptors (Lipinski definition) is 3. The van der Waals surface area contributed by atoms with Gasteiger partial charge >= 0.3 is 0 Å². The molecule has 0 radical (unpaired) electrons. The number of carbonyl (C=O) groups is 2. The molecule has 0 amide bonds. The Hall–Kier alpha value is -1.76. The monoisotopic (exact) mass is 398 g/mol. The lowest BCUT2D eigenvalue weighted by atomic mass is 10.1. The second kappa shape index (κ2) is 6.80. The van der Waals surface area contributed by atoms with Crippen LogP contribution >= 0.6 is 22.6 Å². The SMILES string of the molecule is CC(=O)c1ccc(OCC(=O)c2ccc(I)cc2)cc1F. The minimum atomic E-state index is -0.651. The van der Waals surface area contributed by atoms with Crippen molar-refractivity contribution in [1.29, 1.82) is 0 Å². The van der Waals surface area contributed by atoms with Crippen LogP contribution in [0.2, 0.25) is 0 Å². The van der Waals surface area contributed by atoms with Crippen molar-refractivity contribution in [3.8, 4) is 5.75 Å². The summed E-state index contributed by atoms with van der Waals surface area (Å²) in [5.41, 5.74) is 0.544. The van der Waals surface area contributed by atoms with E-state index in [2.05, 4.69) is 22.6 Å². The van der Waals surface area contributed by atoms with Gasteiger partial charge in [0.15, 0.2) is 18.2 Å². The summed E-state index contributed by atoms with van der Waals surface area (Å²) in [5.74, 6) is -0.977. The third-order valence-corrected chi connectivity index (χ3v) is 3.58. The molecule has 0 saturated carbocycles. The summed E-state index contributed by atoms with van der Waals surface area (Å²) in [6, 6.07) is 11.0. The van der Waals surface area contributed by atoms with Crippen molar-refractivity contribution in [3.05, 3.63) is 63.0 Å². The van der Waals surface area contributed by atoms with Crippen LogP contribution in [0.15, 0.2) is 42.5 Å². The molecule has 21 heavy (non-hydrogen) atoms. The normalized spacial score (nSPS) is 10.2. The fourth-order valence-electron chi connectivity index (χ4n) is 1.74. The van der Waals surface area contributed by atoms with Crippen LogP contribution in [0.25, 0.3) is 0 Å². The topological polar surface area (TPSA) is 43.4 Å². The van der Waals surface area contributed by atoms with Gasteiger partial charge in [0.05, 0.1) is 5.56 Å². The lowest BCUT2D eigenvalue weighted by Gasteiger charge is -2.07. The van der Waals surface area contributed by atoms with Crippen molar-refractivity contribution in [3.63, 3.8) is 0 Å². The Morgan fingerprint density at radius 1 is 1.14 bits per heavy atom. The lowest BCUT2D eigenvalue weighted by Crippen LogP contribution is -2.12. The molecule has 0 aromatic heterocycles. The van der Waals surface area contributed by atoms with Gasteiger partial charge in [0.1, 0.15) is 11.6 Å². The molecular formula is C16H12FIO3. The number of halogens is 2. The number of hydrogen-bond donors (Lipinski definition) is 0. The Labute approximate surface area is 135 Å². The van der Waals surface area contributed by atoms with E-state index in [1.54, 1.807) is 12.1 Å². The molecule has 0 saturated heterocycles. The molecule has 0 spiro atoms. The molecule has 2 aromatic rings. The summed E-state index contributed by atoms with van der Waals surface area (Å²) >= 11 is 2.15. The minimum Gasteiger partial charge on any atom is -0.485 e. The van der Waals surface area contributed by atoms with Gasteiger partial charge in [0.2, 0.25) is 0 Å². The van der Waals surface area contributed by atoms with E-state index in [4.69, 9.17) is 4.74 Å². The predicted octanol–water partition coefficient (Wildman–Crippen LogP) is 3.89. The molecule has 0 N–H and O–H groups in total. The van der Waals surface area contributed by atoms with Crippen LogP contribution in [0.5, 0.6) is 5.75 Å². The molecule has 0 bridgehead atoms. The smallest absolute Gasteiger partial charge is 0.200 e. The molecule has 0 aliphatic rings. The van der Waals surface area contributed by atoms with Gasteiger partial charge in [-0.25, -0.2) is 4.39 Å². The number of carbonyl (C=O) groups excluding carboxylic acids is 2. The van der Waals surface area contributed by atoms with Crippen molar-refractivity contribution in [1.82, 2.24) is 0 Å². The second-order valence-electron chi connectivity index (χ2n) is 4.42. The molecular weight excluding hydrogens is 386 g/mol. The Morgan fingerprint density at radius 2 is 1.81 bits per heavy atom. The maximum absolute atomic E-state index is 13.6. The molecule has 108 valence electrons. The first-order valence-electron chi connectivity index (χ1n) is 6.19. The number of ketones is 2. The maximum atomic E-state index is 13.6. The molecule has 0 fully saturated rings. The third-order valence-electron chi connectivity index (χ3n) is 2.86.